The Morgan fingerprint density at radius 2 is 1.56 bits per heavy atom. The lowest BCUT2D eigenvalue weighted by Crippen LogP contribution is -2.55. The molecule has 32 heavy (non-hydrogen) atoms. The normalized spacial score (nSPS) is 25.6. The summed E-state index contributed by atoms with van der Waals surface area (Å²) < 4.78 is 0. The number of anilines is 1. The van der Waals surface area contributed by atoms with Gasteiger partial charge in [-0.15, -0.1) is 0 Å². The number of hydrogen-bond acceptors (Lipinski definition) is 3. The molecule has 2 heterocycles. The topological polar surface area (TPSA) is 43.9 Å². The summed E-state index contributed by atoms with van der Waals surface area (Å²) in [4.78, 5) is 33.4. The van der Waals surface area contributed by atoms with E-state index in [1.54, 1.807) is 0 Å². The highest BCUT2D eigenvalue weighted by Crippen LogP contribution is 2.39. The first-order chi connectivity index (χ1) is 15.7. The van der Waals surface area contributed by atoms with Crippen molar-refractivity contribution >= 4 is 17.5 Å². The van der Waals surface area contributed by atoms with E-state index in [0.29, 0.717) is 26.1 Å². The Balaban J connectivity index is 1.26. The molecule has 3 aliphatic rings. The number of piperazine rings is 1. The number of hydrogen-bond donors (Lipinski definition) is 0. The molecule has 3 atom stereocenters. The molecule has 2 aromatic rings. The molecule has 5 rings (SSSR count). The molecule has 0 aromatic heterocycles. The van der Waals surface area contributed by atoms with Crippen molar-refractivity contribution in [3.63, 3.8) is 0 Å². The lowest BCUT2D eigenvalue weighted by atomic mass is 9.71. The third-order valence-electron chi connectivity index (χ3n) is 7.24. The highest BCUT2D eigenvalue weighted by molar-refractivity contribution is 5.89. The third-order valence-corrected chi connectivity index (χ3v) is 7.24. The second-order valence-electron chi connectivity index (χ2n) is 9.14. The van der Waals surface area contributed by atoms with Crippen molar-refractivity contribution in [3.05, 3.63) is 78.4 Å². The van der Waals surface area contributed by atoms with Crippen molar-refractivity contribution in [1.29, 1.82) is 0 Å². The number of para-hydroxylation sites is 1. The summed E-state index contributed by atoms with van der Waals surface area (Å²) in [5, 5.41) is 0. The maximum Gasteiger partial charge on any atom is 0.227 e. The maximum atomic E-state index is 13.6. The van der Waals surface area contributed by atoms with Crippen LogP contribution in [0.3, 0.4) is 0 Å². The first-order valence-electron chi connectivity index (χ1n) is 11.8. The van der Waals surface area contributed by atoms with E-state index in [0.717, 1.165) is 31.6 Å². The van der Waals surface area contributed by atoms with Crippen LogP contribution >= 0.6 is 0 Å². The summed E-state index contributed by atoms with van der Waals surface area (Å²) in [7, 11) is 0. The van der Waals surface area contributed by atoms with Crippen LogP contribution in [0.1, 0.15) is 18.4 Å². The number of benzene rings is 2. The zero-order valence-corrected chi connectivity index (χ0v) is 18.5. The number of allylic oxidation sites excluding steroid dienone is 2. The van der Waals surface area contributed by atoms with Gasteiger partial charge in [-0.1, -0.05) is 60.7 Å². The Hall–Kier alpha value is -3.08. The second-order valence-corrected chi connectivity index (χ2v) is 9.14. The fourth-order valence-electron chi connectivity index (χ4n) is 5.50. The van der Waals surface area contributed by atoms with Crippen molar-refractivity contribution in [2.24, 2.45) is 17.8 Å². The number of fused-ring (bicyclic) bond motifs is 1. The van der Waals surface area contributed by atoms with E-state index in [1.807, 2.05) is 34.1 Å². The molecular formula is C27H31N3O2. The smallest absolute Gasteiger partial charge is 0.227 e. The number of nitrogens with zero attached hydrogens (tertiary/aromatic N) is 3. The first kappa shape index (κ1) is 20.8. The van der Waals surface area contributed by atoms with Gasteiger partial charge in [-0.05, 0) is 36.5 Å². The molecule has 2 fully saturated rings. The van der Waals surface area contributed by atoms with Gasteiger partial charge in [0.15, 0.2) is 0 Å². The first-order valence-corrected chi connectivity index (χ1v) is 11.8. The van der Waals surface area contributed by atoms with E-state index in [4.69, 9.17) is 0 Å². The third kappa shape index (κ3) is 4.16. The van der Waals surface area contributed by atoms with Crippen molar-refractivity contribution in [3.8, 4) is 0 Å². The molecule has 1 aliphatic carbocycles. The van der Waals surface area contributed by atoms with E-state index in [-0.39, 0.29) is 29.6 Å². The molecule has 5 nitrogen and oxygen atoms in total. The summed E-state index contributed by atoms with van der Waals surface area (Å²) in [6, 6.07) is 20.5. The standard InChI is InChI=1S/C27H31N3O2/c31-26(29-18-16-28(17-19-29)23-11-5-2-6-12-23)24-13-7-10-22-14-15-30(27(32)25(22)24)20-21-8-3-1-4-9-21/h1-12,22,24-25H,13-20H2/t22-,24?,25+/m1/s1. The maximum absolute atomic E-state index is 13.6. The molecule has 166 valence electrons. The van der Waals surface area contributed by atoms with Gasteiger partial charge in [0, 0.05) is 45.0 Å². The Morgan fingerprint density at radius 3 is 2.28 bits per heavy atom. The van der Waals surface area contributed by atoms with Gasteiger partial charge in [0.1, 0.15) is 0 Å². The molecule has 0 spiro atoms. The Morgan fingerprint density at radius 1 is 0.875 bits per heavy atom. The van der Waals surface area contributed by atoms with Gasteiger partial charge >= 0.3 is 0 Å². The zero-order valence-electron chi connectivity index (χ0n) is 18.5. The Bertz CT molecular complexity index is 967. The van der Waals surface area contributed by atoms with Gasteiger partial charge in [-0.25, -0.2) is 0 Å². The van der Waals surface area contributed by atoms with Crippen LogP contribution in [0.25, 0.3) is 0 Å². The minimum Gasteiger partial charge on any atom is -0.368 e. The molecule has 0 bridgehead atoms. The summed E-state index contributed by atoms with van der Waals surface area (Å²) in [5.41, 5.74) is 2.35. The quantitative estimate of drug-likeness (QED) is 0.698. The molecule has 0 saturated carbocycles. The van der Waals surface area contributed by atoms with Gasteiger partial charge in [0.05, 0.1) is 11.8 Å². The van der Waals surface area contributed by atoms with Crippen LogP contribution < -0.4 is 4.90 Å². The largest absolute Gasteiger partial charge is 0.368 e. The highest BCUT2D eigenvalue weighted by atomic mass is 16.2. The van der Waals surface area contributed by atoms with E-state index < -0.39 is 0 Å². The van der Waals surface area contributed by atoms with Crippen LogP contribution in [0.4, 0.5) is 5.69 Å². The van der Waals surface area contributed by atoms with Crippen LogP contribution in [0.2, 0.25) is 0 Å². The van der Waals surface area contributed by atoms with E-state index >= 15 is 0 Å². The average molecular weight is 430 g/mol. The zero-order chi connectivity index (χ0) is 21.9. The van der Waals surface area contributed by atoms with Crippen LogP contribution in [0.5, 0.6) is 0 Å². The Labute approximate surface area is 190 Å². The van der Waals surface area contributed by atoms with Crippen LogP contribution in [-0.2, 0) is 16.1 Å². The molecular weight excluding hydrogens is 398 g/mol. The predicted octanol–water partition coefficient (Wildman–Crippen LogP) is 3.58. The lowest BCUT2D eigenvalue weighted by Gasteiger charge is -2.44. The van der Waals surface area contributed by atoms with Crippen molar-refractivity contribution < 1.29 is 9.59 Å². The number of carbonyl (C=O) groups excluding carboxylic acids is 2. The van der Waals surface area contributed by atoms with Gasteiger partial charge in [-0.2, -0.15) is 0 Å². The van der Waals surface area contributed by atoms with Gasteiger partial charge in [-0.3, -0.25) is 9.59 Å². The molecule has 2 aliphatic heterocycles. The molecule has 5 heteroatoms. The van der Waals surface area contributed by atoms with Gasteiger partial charge < -0.3 is 14.7 Å². The highest BCUT2D eigenvalue weighted by Gasteiger charge is 2.45. The number of rotatable bonds is 4. The molecule has 0 radical (unpaired) electrons. The minimum absolute atomic E-state index is 0.149. The fourth-order valence-corrected chi connectivity index (χ4v) is 5.50. The average Bonchev–Trinajstić information content (AvgIpc) is 2.86. The van der Waals surface area contributed by atoms with E-state index in [9.17, 15) is 9.59 Å². The summed E-state index contributed by atoms with van der Waals surface area (Å²) >= 11 is 0. The van der Waals surface area contributed by atoms with Crippen molar-refractivity contribution in [1.82, 2.24) is 9.80 Å². The number of amides is 2. The molecule has 2 saturated heterocycles. The van der Waals surface area contributed by atoms with Gasteiger partial charge in [0.25, 0.3) is 0 Å². The minimum atomic E-state index is -0.237. The predicted molar refractivity (Wildman–Crippen MR) is 126 cm³/mol. The molecule has 0 N–H and O–H groups in total. The second kappa shape index (κ2) is 9.19. The number of piperidine rings is 1. The number of likely N-dealkylation sites (tertiary alicyclic amines) is 1. The van der Waals surface area contributed by atoms with E-state index in [1.165, 1.54) is 5.69 Å². The van der Waals surface area contributed by atoms with E-state index in [2.05, 4.69) is 53.5 Å². The summed E-state index contributed by atoms with van der Waals surface area (Å²) in [6.45, 7) is 4.49. The van der Waals surface area contributed by atoms with Crippen LogP contribution in [0.15, 0.2) is 72.8 Å². The van der Waals surface area contributed by atoms with Crippen molar-refractivity contribution in [2.75, 3.05) is 37.6 Å². The van der Waals surface area contributed by atoms with Crippen molar-refractivity contribution in [2.45, 2.75) is 19.4 Å². The van der Waals surface area contributed by atoms with Crippen LogP contribution in [0, 0.1) is 17.8 Å². The Kier molecular flexibility index (Phi) is 5.97. The molecule has 2 aromatic carbocycles. The monoisotopic (exact) mass is 429 g/mol. The summed E-state index contributed by atoms with van der Waals surface area (Å²) in [6.07, 6.45) is 5.92. The molecule has 2 amide bonds. The number of carbonyl (C=O) groups is 2. The summed E-state index contributed by atoms with van der Waals surface area (Å²) in [5.74, 6) is 0.0296. The SMILES string of the molecule is O=C(C1CC=C[C@@H]2CCN(Cc3ccccc3)C(=O)[C@H]12)N1CCN(c2ccccc2)CC1. The fraction of sp³-hybridized carbons (Fsp3) is 0.407. The van der Waals surface area contributed by atoms with Gasteiger partial charge in [0.2, 0.25) is 11.8 Å². The molecule has 1 unspecified atom stereocenters. The van der Waals surface area contributed by atoms with Crippen LogP contribution in [-0.4, -0.2) is 54.3 Å². The lowest BCUT2D eigenvalue weighted by molar-refractivity contribution is -0.152.